The van der Waals surface area contributed by atoms with Crippen LogP contribution in [0.2, 0.25) is 0 Å². The summed E-state index contributed by atoms with van der Waals surface area (Å²) in [4.78, 5) is 35.2. The average Bonchev–Trinajstić information content (AvgIpc) is 2.70. The van der Waals surface area contributed by atoms with Crippen molar-refractivity contribution in [3.05, 3.63) is 75.6 Å². The number of rotatable bonds is 7. The molecule has 0 radical (unpaired) electrons. The summed E-state index contributed by atoms with van der Waals surface area (Å²) >= 11 is 0. The van der Waals surface area contributed by atoms with E-state index in [1.807, 2.05) is 13.8 Å². The average molecular weight is 395 g/mol. The topological polar surface area (TPSA) is 106 Å². The highest BCUT2D eigenvalue weighted by atomic mass is 16.5. The summed E-state index contributed by atoms with van der Waals surface area (Å²) in [5.74, 6) is -0.690. The van der Waals surface area contributed by atoms with Gasteiger partial charge in [0.2, 0.25) is 0 Å². The van der Waals surface area contributed by atoms with E-state index >= 15 is 0 Å². The first-order valence-electron chi connectivity index (χ1n) is 9.14. The molecule has 0 unspecified atom stereocenters. The molecule has 3 rings (SSSR count). The number of carbonyl (C=O) groups is 2. The van der Waals surface area contributed by atoms with Crippen LogP contribution in [0.1, 0.15) is 40.1 Å². The van der Waals surface area contributed by atoms with E-state index in [9.17, 15) is 14.4 Å². The summed E-state index contributed by atoms with van der Waals surface area (Å²) in [6.07, 6.45) is 0. The van der Waals surface area contributed by atoms with Crippen LogP contribution < -0.4 is 15.7 Å². The lowest BCUT2D eigenvalue weighted by molar-refractivity contribution is 0.0696. The number of amides is 1. The van der Waals surface area contributed by atoms with Gasteiger partial charge in [-0.2, -0.15) is 0 Å². The third-order valence-electron chi connectivity index (χ3n) is 4.23. The van der Waals surface area contributed by atoms with Crippen molar-refractivity contribution in [3.8, 4) is 5.75 Å². The lowest BCUT2D eigenvalue weighted by Crippen LogP contribution is -2.31. The van der Waals surface area contributed by atoms with Gasteiger partial charge in [-0.05, 0) is 41.8 Å². The van der Waals surface area contributed by atoms with Crippen LogP contribution in [0, 0.1) is 5.92 Å². The zero-order valence-corrected chi connectivity index (χ0v) is 16.1. The van der Waals surface area contributed by atoms with E-state index < -0.39 is 17.5 Å². The third kappa shape index (κ3) is 5.01. The Hall–Kier alpha value is -3.61. The molecule has 0 bridgehead atoms. The highest BCUT2D eigenvalue weighted by Gasteiger charge is 2.14. The number of carbonyl (C=O) groups excluding carboxylic acids is 1. The molecule has 7 nitrogen and oxygen atoms in total. The van der Waals surface area contributed by atoms with Crippen molar-refractivity contribution < 1.29 is 23.8 Å². The normalized spacial score (nSPS) is 10.9. The number of aromatic carboxylic acids is 1. The molecule has 0 saturated carbocycles. The number of fused-ring (bicyclic) bond motifs is 1. The van der Waals surface area contributed by atoms with E-state index in [0.29, 0.717) is 23.3 Å². The minimum atomic E-state index is -0.987. The molecule has 0 fully saturated rings. The number of nitrogens with one attached hydrogen (secondary N) is 1. The molecular formula is C22H21NO6. The Labute approximate surface area is 166 Å². The molecule has 0 aliphatic heterocycles. The SMILES string of the molecule is CC(C)CNC(=O)c1cc2ccc(OCc3ccc(C(=O)O)cc3)cc2oc1=O. The lowest BCUT2D eigenvalue weighted by atomic mass is 10.1. The summed E-state index contributed by atoms with van der Waals surface area (Å²) in [5, 5.41) is 12.2. The van der Waals surface area contributed by atoms with E-state index in [4.69, 9.17) is 14.3 Å². The highest BCUT2D eigenvalue weighted by molar-refractivity contribution is 5.96. The largest absolute Gasteiger partial charge is 0.489 e. The molecule has 7 heteroatoms. The Kier molecular flexibility index (Phi) is 5.97. The van der Waals surface area contributed by atoms with Gasteiger partial charge in [0.05, 0.1) is 5.56 Å². The number of carboxylic acids is 1. The van der Waals surface area contributed by atoms with Crippen molar-refractivity contribution in [1.82, 2.24) is 5.32 Å². The van der Waals surface area contributed by atoms with Crippen LogP contribution in [0.4, 0.5) is 0 Å². The summed E-state index contributed by atoms with van der Waals surface area (Å²) in [6.45, 7) is 4.62. The first kappa shape index (κ1) is 20.1. The maximum atomic E-state index is 12.2. The number of hydrogen-bond acceptors (Lipinski definition) is 5. The van der Waals surface area contributed by atoms with Gasteiger partial charge in [0.1, 0.15) is 23.5 Å². The van der Waals surface area contributed by atoms with Crippen molar-refractivity contribution in [3.63, 3.8) is 0 Å². The van der Waals surface area contributed by atoms with Crippen molar-refractivity contribution in [1.29, 1.82) is 0 Å². The van der Waals surface area contributed by atoms with Crippen LogP contribution in [0.25, 0.3) is 11.0 Å². The number of ether oxygens (including phenoxy) is 1. The minimum absolute atomic E-state index is 0.0367. The van der Waals surface area contributed by atoms with Gasteiger partial charge in [0, 0.05) is 18.0 Å². The number of carboxylic acid groups (broad SMARTS) is 1. The first-order valence-corrected chi connectivity index (χ1v) is 9.14. The van der Waals surface area contributed by atoms with Crippen LogP contribution in [0.3, 0.4) is 0 Å². The van der Waals surface area contributed by atoms with Gasteiger partial charge in [-0.15, -0.1) is 0 Å². The second-order valence-electron chi connectivity index (χ2n) is 7.04. The van der Waals surface area contributed by atoms with E-state index in [1.54, 1.807) is 30.3 Å². The monoisotopic (exact) mass is 395 g/mol. The molecule has 1 amide bonds. The zero-order chi connectivity index (χ0) is 21.0. The molecule has 0 spiro atoms. The molecule has 29 heavy (non-hydrogen) atoms. The van der Waals surface area contributed by atoms with Gasteiger partial charge in [0.25, 0.3) is 5.91 Å². The molecule has 0 saturated heterocycles. The molecule has 150 valence electrons. The van der Waals surface area contributed by atoms with Crippen LogP contribution in [0.15, 0.2) is 57.7 Å². The Balaban J connectivity index is 1.74. The van der Waals surface area contributed by atoms with Crippen LogP contribution >= 0.6 is 0 Å². The second-order valence-corrected chi connectivity index (χ2v) is 7.04. The molecule has 0 aliphatic carbocycles. The van der Waals surface area contributed by atoms with Gasteiger partial charge in [-0.25, -0.2) is 9.59 Å². The van der Waals surface area contributed by atoms with E-state index in [0.717, 1.165) is 5.56 Å². The fraction of sp³-hybridized carbons (Fsp3) is 0.227. The fourth-order valence-electron chi connectivity index (χ4n) is 2.64. The molecule has 3 aromatic rings. The van der Waals surface area contributed by atoms with Crippen LogP contribution in [0.5, 0.6) is 5.75 Å². The second kappa shape index (κ2) is 8.60. The van der Waals surface area contributed by atoms with Crippen LogP contribution in [-0.4, -0.2) is 23.5 Å². The van der Waals surface area contributed by atoms with Crippen molar-refractivity contribution >= 4 is 22.8 Å². The minimum Gasteiger partial charge on any atom is -0.489 e. The predicted octanol–water partition coefficient (Wildman–Crippen LogP) is 3.46. The number of benzene rings is 2. The van der Waals surface area contributed by atoms with Crippen molar-refractivity contribution in [2.24, 2.45) is 5.92 Å². The van der Waals surface area contributed by atoms with Gasteiger partial charge >= 0.3 is 11.6 Å². The Bertz CT molecular complexity index is 1100. The molecule has 1 heterocycles. The molecule has 0 aliphatic rings. The van der Waals surface area contributed by atoms with Crippen molar-refractivity contribution in [2.75, 3.05) is 6.54 Å². The maximum absolute atomic E-state index is 12.2. The Morgan fingerprint density at radius 2 is 1.83 bits per heavy atom. The fourth-order valence-corrected chi connectivity index (χ4v) is 2.64. The maximum Gasteiger partial charge on any atom is 0.349 e. The van der Waals surface area contributed by atoms with Gasteiger partial charge in [-0.3, -0.25) is 4.79 Å². The highest BCUT2D eigenvalue weighted by Crippen LogP contribution is 2.21. The van der Waals surface area contributed by atoms with Gasteiger partial charge in [0.15, 0.2) is 0 Å². The van der Waals surface area contributed by atoms with Gasteiger partial charge < -0.3 is 19.6 Å². The van der Waals surface area contributed by atoms with E-state index in [-0.39, 0.29) is 23.7 Å². The molecular weight excluding hydrogens is 374 g/mol. The van der Waals surface area contributed by atoms with E-state index in [1.165, 1.54) is 18.2 Å². The molecule has 1 aromatic heterocycles. The van der Waals surface area contributed by atoms with Gasteiger partial charge in [-0.1, -0.05) is 26.0 Å². The predicted molar refractivity (Wildman–Crippen MR) is 107 cm³/mol. The lowest BCUT2D eigenvalue weighted by Gasteiger charge is -2.09. The zero-order valence-electron chi connectivity index (χ0n) is 16.1. The molecule has 2 N–H and O–H groups in total. The Morgan fingerprint density at radius 3 is 2.48 bits per heavy atom. The van der Waals surface area contributed by atoms with E-state index in [2.05, 4.69) is 5.32 Å². The smallest absolute Gasteiger partial charge is 0.349 e. The number of hydrogen-bond donors (Lipinski definition) is 2. The first-order chi connectivity index (χ1) is 13.8. The quantitative estimate of drug-likeness (QED) is 0.594. The molecule has 0 atom stereocenters. The summed E-state index contributed by atoms with van der Waals surface area (Å²) in [6, 6.07) is 12.9. The Morgan fingerprint density at radius 1 is 1.10 bits per heavy atom. The summed E-state index contributed by atoms with van der Waals surface area (Å²) < 4.78 is 11.0. The van der Waals surface area contributed by atoms with Crippen LogP contribution in [-0.2, 0) is 6.61 Å². The summed E-state index contributed by atoms with van der Waals surface area (Å²) in [5.41, 5.74) is 0.572. The summed E-state index contributed by atoms with van der Waals surface area (Å²) in [7, 11) is 0. The molecule has 2 aromatic carbocycles. The third-order valence-corrected chi connectivity index (χ3v) is 4.23. The standard InChI is InChI=1S/C22H21NO6/c1-13(2)11-23-20(24)18-9-16-7-8-17(10-19(16)29-22(18)27)28-12-14-3-5-15(6-4-14)21(25)26/h3-10,13H,11-12H2,1-2H3,(H,23,24)(H,25,26). The van der Waals surface area contributed by atoms with Crippen molar-refractivity contribution in [2.45, 2.75) is 20.5 Å².